The number of rotatable bonds is 7. The van der Waals surface area contributed by atoms with Crippen molar-refractivity contribution in [3.8, 4) is 0 Å². The molecule has 1 unspecified atom stereocenters. The lowest BCUT2D eigenvalue weighted by atomic mass is 10.1. The van der Waals surface area contributed by atoms with Crippen LogP contribution in [0.25, 0.3) is 0 Å². The Morgan fingerprint density at radius 2 is 2.00 bits per heavy atom. The first-order chi connectivity index (χ1) is 14.6. The lowest BCUT2D eigenvalue weighted by Crippen LogP contribution is -2.49. The molecule has 1 saturated heterocycles. The van der Waals surface area contributed by atoms with Crippen LogP contribution >= 0.6 is 35.6 Å². The molecule has 0 aliphatic carbocycles. The molecule has 2 aromatic rings. The highest BCUT2D eigenvalue weighted by molar-refractivity contribution is 14.0. The number of aryl methyl sites for hydroxylation is 1. The Kier molecular flexibility index (Phi) is 10.8. The number of methoxy groups -OCH3 is 1. The number of hydrogen-bond donors (Lipinski definition) is 2. The summed E-state index contributed by atoms with van der Waals surface area (Å²) < 4.78 is 5.65. The van der Waals surface area contributed by atoms with Gasteiger partial charge in [0.1, 0.15) is 11.9 Å². The van der Waals surface area contributed by atoms with Crippen molar-refractivity contribution in [3.63, 3.8) is 0 Å². The monoisotopic (exact) mass is 557 g/mol. The number of aliphatic imine (C=N–C) groups is 1. The second-order valence-electron chi connectivity index (χ2n) is 7.54. The number of guanidine groups is 1. The molecule has 1 aromatic heterocycles. The Morgan fingerprint density at radius 3 is 2.65 bits per heavy atom. The van der Waals surface area contributed by atoms with Crippen LogP contribution in [0.15, 0.2) is 47.5 Å². The first-order valence-electron chi connectivity index (χ1n) is 10.6. The van der Waals surface area contributed by atoms with Crippen molar-refractivity contribution in [2.24, 2.45) is 4.99 Å². The van der Waals surface area contributed by atoms with Gasteiger partial charge in [-0.05, 0) is 56.5 Å². The summed E-state index contributed by atoms with van der Waals surface area (Å²) in [4.78, 5) is 11.8. The summed E-state index contributed by atoms with van der Waals surface area (Å²) in [5.41, 5.74) is 2.09. The minimum Gasteiger partial charge on any atom is -0.375 e. The largest absolute Gasteiger partial charge is 0.375 e. The van der Waals surface area contributed by atoms with Crippen molar-refractivity contribution in [1.29, 1.82) is 0 Å². The van der Waals surface area contributed by atoms with E-state index in [2.05, 4.69) is 39.6 Å². The number of piperidine rings is 1. The molecule has 0 spiro atoms. The zero-order chi connectivity index (χ0) is 21.3. The molecule has 1 fully saturated rings. The van der Waals surface area contributed by atoms with E-state index in [1.54, 1.807) is 7.11 Å². The number of nitrogens with zero attached hydrogens (tertiary/aromatic N) is 3. The lowest BCUT2D eigenvalue weighted by Gasteiger charge is -2.34. The number of nitrogens with one attached hydrogen (secondary N) is 2. The molecule has 6 nitrogen and oxygen atoms in total. The Hall–Kier alpha value is -1.58. The van der Waals surface area contributed by atoms with E-state index in [4.69, 9.17) is 21.3 Å². The summed E-state index contributed by atoms with van der Waals surface area (Å²) in [7, 11) is 1.70. The van der Waals surface area contributed by atoms with Gasteiger partial charge in [0.15, 0.2) is 5.96 Å². The highest BCUT2D eigenvalue weighted by Crippen LogP contribution is 2.21. The number of ether oxygens (including phenoxy) is 1. The van der Waals surface area contributed by atoms with Gasteiger partial charge in [-0.2, -0.15) is 0 Å². The van der Waals surface area contributed by atoms with Gasteiger partial charge < -0.3 is 20.3 Å². The third-order valence-electron chi connectivity index (χ3n) is 5.30. The third-order valence-corrected chi connectivity index (χ3v) is 5.53. The maximum absolute atomic E-state index is 6.13. The molecule has 0 radical (unpaired) electrons. The highest BCUT2D eigenvalue weighted by Gasteiger charge is 2.21. The normalized spacial score (nSPS) is 15.9. The average Bonchev–Trinajstić information content (AvgIpc) is 2.75. The van der Waals surface area contributed by atoms with Gasteiger partial charge >= 0.3 is 0 Å². The molecule has 170 valence electrons. The van der Waals surface area contributed by atoms with Crippen LogP contribution in [0, 0.1) is 6.92 Å². The Labute approximate surface area is 207 Å². The number of halogens is 2. The molecule has 2 heterocycles. The summed E-state index contributed by atoms with van der Waals surface area (Å²) >= 11 is 6.13. The molecule has 8 heteroatoms. The number of hydrogen-bond acceptors (Lipinski definition) is 4. The molecule has 2 N–H and O–H groups in total. The Balaban J connectivity index is 0.00000341. The molecule has 1 atom stereocenters. The van der Waals surface area contributed by atoms with Crippen molar-refractivity contribution in [3.05, 3.63) is 58.7 Å². The van der Waals surface area contributed by atoms with Gasteiger partial charge in [-0.1, -0.05) is 29.8 Å². The van der Waals surface area contributed by atoms with E-state index in [1.165, 1.54) is 0 Å². The van der Waals surface area contributed by atoms with E-state index >= 15 is 0 Å². The van der Waals surface area contributed by atoms with E-state index in [0.29, 0.717) is 17.6 Å². The Bertz CT molecular complexity index is 842. The minimum atomic E-state index is -0.131. The van der Waals surface area contributed by atoms with Crippen LogP contribution in [0.2, 0.25) is 5.02 Å². The van der Waals surface area contributed by atoms with Crippen LogP contribution in [0.1, 0.15) is 37.1 Å². The van der Waals surface area contributed by atoms with E-state index < -0.39 is 0 Å². The zero-order valence-electron chi connectivity index (χ0n) is 18.5. The van der Waals surface area contributed by atoms with Crippen molar-refractivity contribution in [2.45, 2.75) is 38.8 Å². The molecule has 0 saturated carbocycles. The van der Waals surface area contributed by atoms with Crippen LogP contribution in [0.4, 0.5) is 5.82 Å². The first-order valence-corrected chi connectivity index (χ1v) is 11.0. The number of anilines is 1. The molecule has 0 amide bonds. The number of aromatic nitrogens is 1. The number of pyridine rings is 1. The molecule has 3 rings (SSSR count). The topological polar surface area (TPSA) is 61.8 Å². The van der Waals surface area contributed by atoms with Gasteiger partial charge in [0.2, 0.25) is 0 Å². The summed E-state index contributed by atoms with van der Waals surface area (Å²) in [6.07, 6.45) is 1.96. The van der Waals surface area contributed by atoms with Crippen LogP contribution in [0.5, 0.6) is 0 Å². The summed E-state index contributed by atoms with van der Waals surface area (Å²) in [5.74, 6) is 1.90. The molecule has 1 aliphatic rings. The van der Waals surface area contributed by atoms with Crippen molar-refractivity contribution >= 4 is 47.4 Å². The molecule has 31 heavy (non-hydrogen) atoms. The van der Waals surface area contributed by atoms with Gasteiger partial charge in [-0.15, -0.1) is 24.0 Å². The van der Waals surface area contributed by atoms with Crippen LogP contribution in [-0.2, 0) is 4.74 Å². The fourth-order valence-corrected chi connectivity index (χ4v) is 3.87. The SMILES string of the molecule is CCNC(=NCC(OC)c1cccc(Cl)c1)NC1CCN(c2cccc(C)n2)CC1.I. The van der Waals surface area contributed by atoms with E-state index in [-0.39, 0.29) is 30.1 Å². The highest BCUT2D eigenvalue weighted by atomic mass is 127. The lowest BCUT2D eigenvalue weighted by molar-refractivity contribution is 0.111. The molecule has 1 aromatic carbocycles. The molecular formula is C23H33ClIN5O. The molecular weight excluding hydrogens is 525 g/mol. The van der Waals surface area contributed by atoms with E-state index in [9.17, 15) is 0 Å². The fourth-order valence-electron chi connectivity index (χ4n) is 3.67. The van der Waals surface area contributed by atoms with Crippen molar-refractivity contribution in [1.82, 2.24) is 15.6 Å². The van der Waals surface area contributed by atoms with E-state index in [1.807, 2.05) is 37.3 Å². The zero-order valence-corrected chi connectivity index (χ0v) is 21.6. The second-order valence-corrected chi connectivity index (χ2v) is 7.98. The summed E-state index contributed by atoms with van der Waals surface area (Å²) in [6.45, 7) is 7.42. The van der Waals surface area contributed by atoms with Gasteiger partial charge in [0.25, 0.3) is 0 Å². The van der Waals surface area contributed by atoms with Gasteiger partial charge in [0.05, 0.1) is 6.54 Å². The minimum absolute atomic E-state index is 0. The van der Waals surface area contributed by atoms with Gasteiger partial charge in [-0.25, -0.2) is 4.98 Å². The Morgan fingerprint density at radius 1 is 1.26 bits per heavy atom. The van der Waals surface area contributed by atoms with Crippen molar-refractivity contribution < 1.29 is 4.74 Å². The molecule has 0 bridgehead atoms. The quantitative estimate of drug-likeness (QED) is 0.297. The van der Waals surface area contributed by atoms with Crippen molar-refractivity contribution in [2.75, 3.05) is 38.2 Å². The van der Waals surface area contributed by atoms with Gasteiger partial charge in [-0.3, -0.25) is 4.99 Å². The summed E-state index contributed by atoms with van der Waals surface area (Å²) in [6, 6.07) is 14.3. The maximum atomic E-state index is 6.13. The average molecular weight is 558 g/mol. The molecule has 1 aliphatic heterocycles. The third kappa shape index (κ3) is 7.80. The van der Waals surface area contributed by atoms with Crippen LogP contribution in [0.3, 0.4) is 0 Å². The second kappa shape index (κ2) is 13.1. The predicted molar refractivity (Wildman–Crippen MR) is 140 cm³/mol. The maximum Gasteiger partial charge on any atom is 0.191 e. The standard InChI is InChI=1S/C23H32ClN5O.HI/c1-4-25-23(26-16-21(30-3)18-8-6-9-19(24)15-18)28-20-11-13-29(14-12-20)22-10-5-7-17(2)27-22;/h5-10,15,20-21H,4,11-14,16H2,1-3H3,(H2,25,26,28);1H. The smallest absolute Gasteiger partial charge is 0.191 e. The van der Waals surface area contributed by atoms with Crippen LogP contribution in [-0.4, -0.2) is 50.3 Å². The van der Waals surface area contributed by atoms with Crippen LogP contribution < -0.4 is 15.5 Å². The number of benzene rings is 1. The van der Waals surface area contributed by atoms with E-state index in [0.717, 1.165) is 55.5 Å². The fraction of sp³-hybridized carbons (Fsp3) is 0.478. The summed E-state index contributed by atoms with van der Waals surface area (Å²) in [5, 5.41) is 7.65. The van der Waals surface area contributed by atoms with Gasteiger partial charge in [0, 0.05) is 43.5 Å². The predicted octanol–water partition coefficient (Wildman–Crippen LogP) is 4.57. The first kappa shape index (κ1) is 25.7.